The lowest BCUT2D eigenvalue weighted by Crippen LogP contribution is -2.37. The van der Waals surface area contributed by atoms with Gasteiger partial charge in [0, 0.05) is 0 Å². The molecule has 0 amide bonds. The predicted octanol–water partition coefficient (Wildman–Crippen LogP) is 1.36. The largest absolute Gasteiger partial charge is 0.320 e. The van der Waals surface area contributed by atoms with Gasteiger partial charge in [-0.15, -0.1) is 0 Å². The predicted molar refractivity (Wildman–Crippen MR) is 57.8 cm³/mol. The van der Waals surface area contributed by atoms with E-state index in [9.17, 15) is 8.78 Å². The second-order valence-corrected chi connectivity index (χ2v) is 3.57. The number of nitrogens with two attached hydrogens (primary N) is 1. The molecular weight excluding hydrogens is 214 g/mol. The first-order valence-electron chi connectivity index (χ1n) is 4.96. The van der Waals surface area contributed by atoms with Crippen molar-refractivity contribution in [2.24, 2.45) is 10.8 Å². The number of benzene rings is 1. The molecule has 0 aliphatic heterocycles. The van der Waals surface area contributed by atoms with Gasteiger partial charge in [0.05, 0.1) is 6.04 Å². The second kappa shape index (κ2) is 4.44. The van der Waals surface area contributed by atoms with E-state index in [4.69, 9.17) is 5.84 Å². The van der Waals surface area contributed by atoms with E-state index >= 15 is 0 Å². The van der Waals surface area contributed by atoms with Gasteiger partial charge in [-0.1, -0.05) is 6.07 Å². The summed E-state index contributed by atoms with van der Waals surface area (Å²) in [5.74, 6) is 4.02. The summed E-state index contributed by atoms with van der Waals surface area (Å²) < 4.78 is 26.5. The average molecular weight is 226 g/mol. The first kappa shape index (κ1) is 10.8. The van der Waals surface area contributed by atoms with Gasteiger partial charge >= 0.3 is 0 Å². The summed E-state index contributed by atoms with van der Waals surface area (Å²) in [5, 5.41) is 2.50. The number of para-hydroxylation sites is 1. The molecule has 1 saturated carbocycles. The quantitative estimate of drug-likeness (QED) is 0.309. The van der Waals surface area contributed by atoms with E-state index in [1.165, 1.54) is 6.07 Å². The Morgan fingerprint density at radius 3 is 2.44 bits per heavy atom. The molecule has 0 radical (unpaired) electrons. The highest BCUT2D eigenvalue weighted by atomic mass is 19.1. The molecule has 1 aromatic carbocycles. The maximum absolute atomic E-state index is 13.3. The van der Waals surface area contributed by atoms with Crippen molar-refractivity contribution in [3.63, 3.8) is 0 Å². The molecule has 1 fully saturated rings. The molecule has 4 N–H and O–H groups in total. The molecule has 6 heteroatoms. The SMILES string of the molecule is NNC(=NC1CC1)Nc1c(F)cccc1F. The van der Waals surface area contributed by atoms with Crippen molar-refractivity contribution in [3.8, 4) is 0 Å². The van der Waals surface area contributed by atoms with Crippen molar-refractivity contribution in [2.75, 3.05) is 5.32 Å². The molecule has 1 aromatic rings. The van der Waals surface area contributed by atoms with E-state index in [2.05, 4.69) is 15.7 Å². The van der Waals surface area contributed by atoms with Crippen molar-refractivity contribution < 1.29 is 8.78 Å². The molecule has 4 nitrogen and oxygen atoms in total. The molecule has 0 spiro atoms. The van der Waals surface area contributed by atoms with Crippen molar-refractivity contribution in [2.45, 2.75) is 18.9 Å². The van der Waals surface area contributed by atoms with E-state index < -0.39 is 11.6 Å². The van der Waals surface area contributed by atoms with Gasteiger partial charge in [-0.05, 0) is 25.0 Å². The second-order valence-electron chi connectivity index (χ2n) is 3.57. The number of hydrogen-bond acceptors (Lipinski definition) is 2. The van der Waals surface area contributed by atoms with Crippen LogP contribution in [0, 0.1) is 11.6 Å². The average Bonchev–Trinajstić information content (AvgIpc) is 3.06. The van der Waals surface area contributed by atoms with Crippen LogP contribution in [0.2, 0.25) is 0 Å². The van der Waals surface area contributed by atoms with Crippen LogP contribution >= 0.6 is 0 Å². The number of aliphatic imine (C=N–C) groups is 1. The molecule has 1 aliphatic carbocycles. The molecular formula is C10H12F2N4. The van der Waals surface area contributed by atoms with Crippen molar-refractivity contribution in [1.29, 1.82) is 0 Å². The Bertz CT molecular complexity index is 395. The molecule has 86 valence electrons. The minimum absolute atomic E-state index is 0.173. The van der Waals surface area contributed by atoms with Crippen LogP contribution in [-0.2, 0) is 0 Å². The van der Waals surface area contributed by atoms with Gasteiger partial charge in [-0.2, -0.15) is 0 Å². The summed E-state index contributed by atoms with van der Waals surface area (Å²) >= 11 is 0. The topological polar surface area (TPSA) is 62.4 Å². The smallest absolute Gasteiger partial charge is 0.210 e. The van der Waals surface area contributed by atoms with Gasteiger partial charge in [-0.3, -0.25) is 5.43 Å². The monoisotopic (exact) mass is 226 g/mol. The van der Waals surface area contributed by atoms with Crippen molar-refractivity contribution in [3.05, 3.63) is 29.8 Å². The third-order valence-electron chi connectivity index (χ3n) is 2.20. The fraction of sp³-hybridized carbons (Fsp3) is 0.300. The molecule has 0 unspecified atom stereocenters. The van der Waals surface area contributed by atoms with Gasteiger partial charge in [-0.25, -0.2) is 19.6 Å². The van der Waals surface area contributed by atoms with Gasteiger partial charge < -0.3 is 5.32 Å². The Kier molecular flexibility index (Phi) is 3.00. The van der Waals surface area contributed by atoms with Crippen LogP contribution in [0.3, 0.4) is 0 Å². The molecule has 1 aliphatic rings. The molecule has 16 heavy (non-hydrogen) atoms. The first-order chi connectivity index (χ1) is 7.70. The molecule has 0 atom stereocenters. The summed E-state index contributed by atoms with van der Waals surface area (Å²) in [4.78, 5) is 4.12. The van der Waals surface area contributed by atoms with Crippen LogP contribution in [0.5, 0.6) is 0 Å². The summed E-state index contributed by atoms with van der Waals surface area (Å²) in [6, 6.07) is 3.82. The van der Waals surface area contributed by atoms with E-state index in [1.54, 1.807) is 0 Å². The fourth-order valence-electron chi connectivity index (χ4n) is 1.23. The minimum Gasteiger partial charge on any atom is -0.320 e. The first-order valence-corrected chi connectivity index (χ1v) is 4.96. The summed E-state index contributed by atoms with van der Waals surface area (Å²) in [6.45, 7) is 0. The minimum atomic E-state index is -0.682. The lowest BCUT2D eigenvalue weighted by Gasteiger charge is -2.10. The number of anilines is 1. The van der Waals surface area contributed by atoms with E-state index in [1.807, 2.05) is 0 Å². The lowest BCUT2D eigenvalue weighted by atomic mass is 10.3. The molecule has 0 bridgehead atoms. The number of hydrazine groups is 1. The van der Waals surface area contributed by atoms with E-state index in [-0.39, 0.29) is 17.7 Å². The Morgan fingerprint density at radius 2 is 1.94 bits per heavy atom. The fourth-order valence-corrected chi connectivity index (χ4v) is 1.23. The van der Waals surface area contributed by atoms with Crippen molar-refractivity contribution >= 4 is 11.6 Å². The highest BCUT2D eigenvalue weighted by Gasteiger charge is 2.21. The van der Waals surface area contributed by atoms with E-state index in [0.29, 0.717) is 0 Å². The zero-order valence-electron chi connectivity index (χ0n) is 8.50. The maximum Gasteiger partial charge on any atom is 0.210 e. The number of nitrogens with zero attached hydrogens (tertiary/aromatic N) is 1. The van der Waals surface area contributed by atoms with Gasteiger partial charge in [0.1, 0.15) is 17.3 Å². The van der Waals surface area contributed by atoms with Crippen LogP contribution < -0.4 is 16.6 Å². The van der Waals surface area contributed by atoms with E-state index in [0.717, 1.165) is 25.0 Å². The Balaban J connectivity index is 2.18. The standard InChI is InChI=1S/C10H12F2N4/c11-7-2-1-3-8(12)9(7)15-10(16-13)14-6-4-5-6/h1-3,6H,4-5,13H2,(H2,14,15,16). The molecule has 2 rings (SSSR count). The van der Waals surface area contributed by atoms with Gasteiger partial charge in [0.15, 0.2) is 0 Å². The van der Waals surface area contributed by atoms with Crippen LogP contribution in [0.1, 0.15) is 12.8 Å². The van der Waals surface area contributed by atoms with Gasteiger partial charge in [0.2, 0.25) is 5.96 Å². The third-order valence-corrected chi connectivity index (χ3v) is 2.20. The summed E-state index contributed by atoms with van der Waals surface area (Å²) in [5.41, 5.74) is 2.03. The summed E-state index contributed by atoms with van der Waals surface area (Å²) in [7, 11) is 0. The molecule has 0 aromatic heterocycles. The van der Waals surface area contributed by atoms with Crippen LogP contribution in [0.25, 0.3) is 0 Å². The summed E-state index contributed by atoms with van der Waals surface area (Å²) in [6.07, 6.45) is 1.96. The Morgan fingerprint density at radius 1 is 1.31 bits per heavy atom. The highest BCUT2D eigenvalue weighted by Crippen LogP contribution is 2.24. The normalized spacial score (nSPS) is 16.1. The Labute approximate surface area is 91.5 Å². The number of hydrogen-bond donors (Lipinski definition) is 3. The van der Waals surface area contributed by atoms with Crippen LogP contribution in [-0.4, -0.2) is 12.0 Å². The number of rotatable bonds is 2. The zero-order chi connectivity index (χ0) is 11.5. The number of halogens is 2. The maximum atomic E-state index is 13.3. The molecule has 0 saturated heterocycles. The molecule has 0 heterocycles. The lowest BCUT2D eigenvalue weighted by molar-refractivity contribution is 0.591. The van der Waals surface area contributed by atoms with Crippen LogP contribution in [0.4, 0.5) is 14.5 Å². The van der Waals surface area contributed by atoms with Crippen molar-refractivity contribution in [1.82, 2.24) is 5.43 Å². The zero-order valence-corrected chi connectivity index (χ0v) is 8.50. The third kappa shape index (κ3) is 2.46. The Hall–Kier alpha value is -1.69. The number of nitrogens with one attached hydrogen (secondary N) is 2. The van der Waals surface area contributed by atoms with Crippen LogP contribution in [0.15, 0.2) is 23.2 Å². The number of guanidine groups is 1. The van der Waals surface area contributed by atoms with Gasteiger partial charge in [0.25, 0.3) is 0 Å². The highest BCUT2D eigenvalue weighted by molar-refractivity contribution is 5.93.